The van der Waals surface area contributed by atoms with Gasteiger partial charge in [-0.15, -0.1) is 0 Å². The Balaban J connectivity index is 1.81. The highest BCUT2D eigenvalue weighted by Gasteiger charge is 2.20. The Bertz CT molecular complexity index is 497. The Kier molecular flexibility index (Phi) is 2.64. The molecule has 17 heavy (non-hydrogen) atoms. The van der Waals surface area contributed by atoms with Crippen LogP contribution >= 0.6 is 0 Å². The third kappa shape index (κ3) is 2.08. The fourth-order valence-electron chi connectivity index (χ4n) is 2.26. The standard InChI is InChI=1S/C11H15N5O/c1-8-14-11(17-15-8)6-16-7-13-5-10(16)9-2-3-12-4-9/h5,7,9,12H,2-4,6H2,1H3. The van der Waals surface area contributed by atoms with Crippen LogP contribution in [0.4, 0.5) is 0 Å². The van der Waals surface area contributed by atoms with E-state index >= 15 is 0 Å². The van der Waals surface area contributed by atoms with Gasteiger partial charge in [0.25, 0.3) is 0 Å². The van der Waals surface area contributed by atoms with Gasteiger partial charge in [0.2, 0.25) is 5.89 Å². The van der Waals surface area contributed by atoms with E-state index in [0.717, 1.165) is 19.5 Å². The summed E-state index contributed by atoms with van der Waals surface area (Å²) in [4.78, 5) is 8.43. The maximum absolute atomic E-state index is 5.13. The number of aromatic nitrogens is 4. The molecule has 6 heteroatoms. The monoisotopic (exact) mass is 233 g/mol. The van der Waals surface area contributed by atoms with Crippen LogP contribution in [0.25, 0.3) is 0 Å². The number of nitrogens with one attached hydrogen (secondary N) is 1. The van der Waals surface area contributed by atoms with Crippen molar-refractivity contribution in [2.75, 3.05) is 13.1 Å². The maximum Gasteiger partial charge on any atom is 0.246 e. The Hall–Kier alpha value is -1.69. The van der Waals surface area contributed by atoms with Crippen molar-refractivity contribution in [1.82, 2.24) is 25.0 Å². The van der Waals surface area contributed by atoms with Gasteiger partial charge in [-0.1, -0.05) is 5.16 Å². The highest BCUT2D eigenvalue weighted by atomic mass is 16.5. The van der Waals surface area contributed by atoms with Gasteiger partial charge in [0.1, 0.15) is 6.54 Å². The lowest BCUT2D eigenvalue weighted by molar-refractivity contribution is 0.365. The van der Waals surface area contributed by atoms with Crippen molar-refractivity contribution in [2.24, 2.45) is 0 Å². The van der Waals surface area contributed by atoms with Crippen LogP contribution in [0.1, 0.15) is 29.7 Å². The smallest absolute Gasteiger partial charge is 0.246 e. The molecule has 1 fully saturated rings. The first-order valence-electron chi connectivity index (χ1n) is 5.83. The fourth-order valence-corrected chi connectivity index (χ4v) is 2.26. The number of aryl methyl sites for hydroxylation is 1. The highest BCUT2D eigenvalue weighted by Crippen LogP contribution is 2.22. The van der Waals surface area contributed by atoms with Crippen LogP contribution < -0.4 is 5.32 Å². The van der Waals surface area contributed by atoms with E-state index in [4.69, 9.17) is 4.52 Å². The van der Waals surface area contributed by atoms with Crippen molar-refractivity contribution in [3.8, 4) is 0 Å². The summed E-state index contributed by atoms with van der Waals surface area (Å²) in [7, 11) is 0. The Labute approximate surface area is 99.0 Å². The van der Waals surface area contributed by atoms with Crippen molar-refractivity contribution < 1.29 is 4.52 Å². The summed E-state index contributed by atoms with van der Waals surface area (Å²) in [6.07, 6.45) is 4.92. The van der Waals surface area contributed by atoms with E-state index in [1.807, 2.05) is 19.4 Å². The predicted molar refractivity (Wildman–Crippen MR) is 60.6 cm³/mol. The van der Waals surface area contributed by atoms with Gasteiger partial charge in [0, 0.05) is 24.4 Å². The van der Waals surface area contributed by atoms with Gasteiger partial charge in [-0.2, -0.15) is 4.98 Å². The number of nitrogens with zero attached hydrogens (tertiary/aromatic N) is 4. The summed E-state index contributed by atoms with van der Waals surface area (Å²) in [5.41, 5.74) is 1.24. The molecule has 0 spiro atoms. The van der Waals surface area contributed by atoms with Crippen molar-refractivity contribution in [3.63, 3.8) is 0 Å². The normalized spacial score (nSPS) is 19.9. The first-order valence-corrected chi connectivity index (χ1v) is 5.83. The first-order chi connectivity index (χ1) is 8.33. The van der Waals surface area contributed by atoms with Crippen LogP contribution in [-0.2, 0) is 6.54 Å². The van der Waals surface area contributed by atoms with Gasteiger partial charge in [-0.25, -0.2) is 4.98 Å². The van der Waals surface area contributed by atoms with Gasteiger partial charge < -0.3 is 14.4 Å². The van der Waals surface area contributed by atoms with E-state index in [1.54, 1.807) is 0 Å². The second-order valence-corrected chi connectivity index (χ2v) is 4.37. The molecule has 0 radical (unpaired) electrons. The highest BCUT2D eigenvalue weighted by molar-refractivity contribution is 5.10. The van der Waals surface area contributed by atoms with E-state index in [1.165, 1.54) is 5.69 Å². The Morgan fingerprint density at radius 2 is 2.53 bits per heavy atom. The summed E-state index contributed by atoms with van der Waals surface area (Å²) >= 11 is 0. The second-order valence-electron chi connectivity index (χ2n) is 4.37. The lowest BCUT2D eigenvalue weighted by Gasteiger charge is -2.10. The van der Waals surface area contributed by atoms with Crippen LogP contribution in [0.15, 0.2) is 17.0 Å². The quantitative estimate of drug-likeness (QED) is 0.845. The predicted octanol–water partition coefficient (Wildman–Crippen LogP) is 0.700. The van der Waals surface area contributed by atoms with Crippen molar-refractivity contribution >= 4 is 0 Å². The van der Waals surface area contributed by atoms with Gasteiger partial charge in [0.15, 0.2) is 5.82 Å². The zero-order valence-corrected chi connectivity index (χ0v) is 9.76. The molecule has 90 valence electrons. The minimum atomic E-state index is 0.543. The van der Waals surface area contributed by atoms with E-state index in [9.17, 15) is 0 Å². The number of imidazole rings is 1. The number of hydrogen-bond donors (Lipinski definition) is 1. The second kappa shape index (κ2) is 4.29. The van der Waals surface area contributed by atoms with E-state index in [0.29, 0.717) is 24.2 Å². The van der Waals surface area contributed by atoms with Crippen molar-refractivity contribution in [3.05, 3.63) is 29.9 Å². The largest absolute Gasteiger partial charge is 0.337 e. The van der Waals surface area contributed by atoms with Crippen LogP contribution in [0.2, 0.25) is 0 Å². The van der Waals surface area contributed by atoms with Crippen LogP contribution in [0.3, 0.4) is 0 Å². The summed E-state index contributed by atoms with van der Waals surface area (Å²) in [6.45, 7) is 4.53. The molecule has 3 rings (SSSR count). The zero-order chi connectivity index (χ0) is 11.7. The average Bonchev–Trinajstić information content (AvgIpc) is 3.00. The number of rotatable bonds is 3. The molecule has 6 nitrogen and oxygen atoms in total. The summed E-state index contributed by atoms with van der Waals surface area (Å²) in [6, 6.07) is 0. The maximum atomic E-state index is 5.13. The molecule has 1 aliphatic heterocycles. The lowest BCUT2D eigenvalue weighted by atomic mass is 10.1. The molecular formula is C11H15N5O. The minimum absolute atomic E-state index is 0.543. The molecule has 1 atom stereocenters. The van der Waals surface area contributed by atoms with Gasteiger partial charge in [-0.05, 0) is 19.9 Å². The van der Waals surface area contributed by atoms with E-state index in [-0.39, 0.29) is 0 Å². The third-order valence-corrected chi connectivity index (χ3v) is 3.10. The van der Waals surface area contributed by atoms with Crippen LogP contribution in [0, 0.1) is 6.92 Å². The summed E-state index contributed by atoms with van der Waals surface area (Å²) in [5.74, 6) is 1.85. The molecule has 0 amide bonds. The molecule has 0 bridgehead atoms. The van der Waals surface area contributed by atoms with Crippen molar-refractivity contribution in [1.29, 1.82) is 0 Å². The minimum Gasteiger partial charge on any atom is -0.337 e. The first kappa shape index (κ1) is 10.5. The molecule has 2 aromatic heterocycles. The molecule has 2 aromatic rings. The molecule has 1 aliphatic rings. The Morgan fingerprint density at radius 3 is 3.24 bits per heavy atom. The lowest BCUT2D eigenvalue weighted by Crippen LogP contribution is -2.12. The molecule has 0 aromatic carbocycles. The molecular weight excluding hydrogens is 218 g/mol. The topological polar surface area (TPSA) is 68.8 Å². The Morgan fingerprint density at radius 1 is 1.59 bits per heavy atom. The molecule has 1 unspecified atom stereocenters. The number of hydrogen-bond acceptors (Lipinski definition) is 5. The molecule has 1 saturated heterocycles. The SMILES string of the molecule is Cc1noc(Cn2cncc2C2CCNC2)n1. The average molecular weight is 233 g/mol. The fraction of sp³-hybridized carbons (Fsp3) is 0.545. The van der Waals surface area contributed by atoms with Gasteiger partial charge in [0.05, 0.1) is 6.33 Å². The zero-order valence-electron chi connectivity index (χ0n) is 9.76. The van der Waals surface area contributed by atoms with Gasteiger partial charge in [-0.3, -0.25) is 0 Å². The molecule has 0 saturated carbocycles. The summed E-state index contributed by atoms with van der Waals surface area (Å²) < 4.78 is 7.22. The molecule has 1 N–H and O–H groups in total. The third-order valence-electron chi connectivity index (χ3n) is 3.10. The van der Waals surface area contributed by atoms with Crippen LogP contribution in [-0.4, -0.2) is 32.8 Å². The molecule has 0 aliphatic carbocycles. The summed E-state index contributed by atoms with van der Waals surface area (Å²) in [5, 5.41) is 7.16. The molecule has 3 heterocycles. The van der Waals surface area contributed by atoms with Crippen LogP contribution in [0.5, 0.6) is 0 Å². The van der Waals surface area contributed by atoms with Crippen molar-refractivity contribution in [2.45, 2.75) is 25.8 Å². The van der Waals surface area contributed by atoms with E-state index < -0.39 is 0 Å². The van der Waals surface area contributed by atoms with Gasteiger partial charge >= 0.3 is 0 Å². The van der Waals surface area contributed by atoms with E-state index in [2.05, 4.69) is 25.0 Å².